The number of nitro benzene ring substituents is 1. The summed E-state index contributed by atoms with van der Waals surface area (Å²) < 4.78 is 18.3. The first-order chi connectivity index (χ1) is 9.49. The number of nitrogens with zero attached hydrogens (tertiary/aromatic N) is 3. The number of aromatic nitrogens is 2. The Kier molecular flexibility index (Phi) is 3.60. The van der Waals surface area contributed by atoms with Gasteiger partial charge in [-0.25, -0.2) is 4.39 Å². The topological polar surface area (TPSA) is 116 Å². The monoisotopic (exact) mass is 279 g/mol. The number of halogens is 1. The number of nitrogens with two attached hydrogens (primary N) is 1. The van der Waals surface area contributed by atoms with Crippen LogP contribution in [0.5, 0.6) is 11.6 Å². The van der Waals surface area contributed by atoms with Crippen molar-refractivity contribution in [2.45, 2.75) is 0 Å². The van der Waals surface area contributed by atoms with Crippen LogP contribution in [-0.2, 0) is 0 Å². The minimum absolute atomic E-state index is 0.0107. The van der Waals surface area contributed by atoms with Crippen LogP contribution in [0.15, 0.2) is 24.3 Å². The number of ether oxygens (including phenoxy) is 1. The summed E-state index contributed by atoms with van der Waals surface area (Å²) in [5.74, 6) is -0.538. The summed E-state index contributed by atoms with van der Waals surface area (Å²) in [6.45, 7) is 0. The van der Waals surface area contributed by atoms with Crippen LogP contribution in [0, 0.1) is 15.9 Å². The van der Waals surface area contributed by atoms with Gasteiger partial charge >= 0.3 is 5.69 Å². The highest BCUT2D eigenvalue weighted by Gasteiger charge is 2.18. The molecule has 1 aromatic heterocycles. The lowest BCUT2D eigenvalue weighted by Gasteiger charge is -2.07. The molecule has 0 aliphatic heterocycles. The Hall–Kier alpha value is -2.97. The molecule has 1 aromatic carbocycles. The molecule has 0 atom stereocenters. The molecule has 0 saturated carbocycles. The highest BCUT2D eigenvalue weighted by atomic mass is 19.1. The van der Waals surface area contributed by atoms with Crippen LogP contribution in [0.4, 0.5) is 21.8 Å². The van der Waals surface area contributed by atoms with Crippen molar-refractivity contribution >= 4 is 17.5 Å². The van der Waals surface area contributed by atoms with Gasteiger partial charge in [0.05, 0.1) is 11.0 Å². The number of rotatable bonds is 4. The van der Waals surface area contributed by atoms with Gasteiger partial charge in [-0.05, 0) is 12.1 Å². The molecule has 20 heavy (non-hydrogen) atoms. The SMILES string of the molecule is CNc1cc(Oc2ccc(F)cc2[N+](=O)[O-])nc(N)n1. The normalized spacial score (nSPS) is 10.1. The zero-order valence-corrected chi connectivity index (χ0v) is 10.3. The highest BCUT2D eigenvalue weighted by Crippen LogP contribution is 2.31. The van der Waals surface area contributed by atoms with Gasteiger partial charge in [-0.3, -0.25) is 10.1 Å². The zero-order valence-electron chi connectivity index (χ0n) is 10.3. The van der Waals surface area contributed by atoms with Crippen LogP contribution in [0.3, 0.4) is 0 Å². The van der Waals surface area contributed by atoms with Gasteiger partial charge in [0.15, 0.2) is 0 Å². The van der Waals surface area contributed by atoms with Gasteiger partial charge < -0.3 is 15.8 Å². The second-order valence-corrected chi connectivity index (χ2v) is 3.67. The molecule has 0 spiro atoms. The van der Waals surface area contributed by atoms with Crippen molar-refractivity contribution in [3.63, 3.8) is 0 Å². The van der Waals surface area contributed by atoms with E-state index in [1.54, 1.807) is 7.05 Å². The quantitative estimate of drug-likeness (QED) is 0.648. The molecule has 0 aliphatic carbocycles. The summed E-state index contributed by atoms with van der Waals surface area (Å²) in [7, 11) is 1.62. The standard InChI is InChI=1S/C11H10FN5O3/c1-14-9-5-10(16-11(13)15-9)20-8-3-2-6(12)4-7(8)17(18)19/h2-5H,1H3,(H3,13,14,15,16). The first-order valence-corrected chi connectivity index (χ1v) is 5.43. The summed E-state index contributed by atoms with van der Waals surface area (Å²) in [6.07, 6.45) is 0. The molecular formula is C11H10FN5O3. The number of hydrogen-bond acceptors (Lipinski definition) is 7. The van der Waals surface area contributed by atoms with Crippen molar-refractivity contribution < 1.29 is 14.1 Å². The van der Waals surface area contributed by atoms with Gasteiger partial charge in [-0.15, -0.1) is 0 Å². The molecule has 0 saturated heterocycles. The predicted octanol–water partition coefficient (Wildman–Crippen LogP) is 1.94. The van der Waals surface area contributed by atoms with E-state index >= 15 is 0 Å². The molecule has 3 N–H and O–H groups in total. The van der Waals surface area contributed by atoms with Crippen LogP contribution >= 0.6 is 0 Å². The van der Waals surface area contributed by atoms with Crippen molar-refractivity contribution in [3.05, 3.63) is 40.2 Å². The summed E-state index contributed by atoms with van der Waals surface area (Å²) >= 11 is 0. The summed E-state index contributed by atoms with van der Waals surface area (Å²) in [4.78, 5) is 17.7. The third-order valence-corrected chi connectivity index (χ3v) is 2.31. The number of nitro groups is 1. The average molecular weight is 279 g/mol. The largest absolute Gasteiger partial charge is 0.432 e. The minimum Gasteiger partial charge on any atom is -0.432 e. The van der Waals surface area contributed by atoms with Crippen LogP contribution in [0.25, 0.3) is 0 Å². The van der Waals surface area contributed by atoms with E-state index in [-0.39, 0.29) is 17.6 Å². The Balaban J connectivity index is 2.39. The second kappa shape index (κ2) is 5.34. The van der Waals surface area contributed by atoms with Gasteiger partial charge in [-0.2, -0.15) is 9.97 Å². The molecule has 0 bridgehead atoms. The summed E-state index contributed by atoms with van der Waals surface area (Å²) in [5, 5.41) is 13.6. The molecule has 104 valence electrons. The smallest absolute Gasteiger partial charge is 0.314 e. The zero-order chi connectivity index (χ0) is 14.7. The van der Waals surface area contributed by atoms with Crippen molar-refractivity contribution in [1.82, 2.24) is 9.97 Å². The molecular weight excluding hydrogens is 269 g/mol. The molecule has 0 fully saturated rings. The number of nitrogens with one attached hydrogen (secondary N) is 1. The highest BCUT2D eigenvalue weighted by molar-refractivity contribution is 5.49. The molecule has 0 unspecified atom stereocenters. The summed E-state index contributed by atoms with van der Waals surface area (Å²) in [6, 6.07) is 4.36. The van der Waals surface area contributed by atoms with E-state index in [1.165, 1.54) is 6.07 Å². The Morgan fingerprint density at radius 2 is 2.15 bits per heavy atom. The van der Waals surface area contributed by atoms with E-state index in [9.17, 15) is 14.5 Å². The lowest BCUT2D eigenvalue weighted by Crippen LogP contribution is -2.02. The average Bonchev–Trinajstić information content (AvgIpc) is 2.40. The summed E-state index contributed by atoms with van der Waals surface area (Å²) in [5.41, 5.74) is 4.97. The Morgan fingerprint density at radius 1 is 1.40 bits per heavy atom. The lowest BCUT2D eigenvalue weighted by atomic mass is 10.3. The van der Waals surface area contributed by atoms with Gasteiger partial charge in [0.2, 0.25) is 17.6 Å². The molecule has 2 rings (SSSR count). The van der Waals surface area contributed by atoms with Gasteiger partial charge in [0.1, 0.15) is 11.6 Å². The Morgan fingerprint density at radius 3 is 2.80 bits per heavy atom. The van der Waals surface area contributed by atoms with Gasteiger partial charge in [0.25, 0.3) is 0 Å². The molecule has 1 heterocycles. The number of anilines is 2. The third kappa shape index (κ3) is 2.88. The molecule has 0 aliphatic rings. The van der Waals surface area contributed by atoms with Crippen LogP contribution < -0.4 is 15.8 Å². The fourth-order valence-corrected chi connectivity index (χ4v) is 1.46. The van der Waals surface area contributed by atoms with E-state index in [1.807, 2.05) is 0 Å². The van der Waals surface area contributed by atoms with Crippen LogP contribution in [0.1, 0.15) is 0 Å². The lowest BCUT2D eigenvalue weighted by molar-refractivity contribution is -0.385. The van der Waals surface area contributed by atoms with E-state index in [0.29, 0.717) is 5.82 Å². The fourth-order valence-electron chi connectivity index (χ4n) is 1.46. The van der Waals surface area contributed by atoms with Crippen LogP contribution in [-0.4, -0.2) is 21.9 Å². The molecule has 2 aromatic rings. The van der Waals surface area contributed by atoms with Crippen molar-refractivity contribution in [1.29, 1.82) is 0 Å². The molecule has 0 amide bonds. The minimum atomic E-state index is -0.748. The van der Waals surface area contributed by atoms with E-state index < -0.39 is 16.4 Å². The molecule has 0 radical (unpaired) electrons. The fraction of sp³-hybridized carbons (Fsp3) is 0.0909. The molecule has 8 nitrogen and oxygen atoms in total. The van der Waals surface area contributed by atoms with Crippen molar-refractivity contribution in [2.24, 2.45) is 0 Å². The van der Waals surface area contributed by atoms with Crippen molar-refractivity contribution in [2.75, 3.05) is 18.1 Å². The number of hydrogen-bond donors (Lipinski definition) is 2. The van der Waals surface area contributed by atoms with E-state index in [2.05, 4.69) is 15.3 Å². The number of benzene rings is 1. The van der Waals surface area contributed by atoms with Crippen molar-refractivity contribution in [3.8, 4) is 11.6 Å². The Bertz CT molecular complexity index is 665. The van der Waals surface area contributed by atoms with E-state index in [4.69, 9.17) is 10.5 Å². The van der Waals surface area contributed by atoms with Crippen LogP contribution in [0.2, 0.25) is 0 Å². The number of nitrogen functional groups attached to an aromatic ring is 1. The maximum absolute atomic E-state index is 13.0. The predicted molar refractivity (Wildman–Crippen MR) is 69.1 cm³/mol. The first-order valence-electron chi connectivity index (χ1n) is 5.43. The second-order valence-electron chi connectivity index (χ2n) is 3.67. The van der Waals surface area contributed by atoms with E-state index in [0.717, 1.165) is 18.2 Å². The molecule has 9 heteroatoms. The Labute approximate surface area is 112 Å². The maximum atomic E-state index is 13.0. The maximum Gasteiger partial charge on any atom is 0.314 e. The third-order valence-electron chi connectivity index (χ3n) is 2.31. The van der Waals surface area contributed by atoms with Gasteiger partial charge in [0, 0.05) is 13.1 Å². The van der Waals surface area contributed by atoms with Gasteiger partial charge in [-0.1, -0.05) is 0 Å². The first kappa shape index (κ1) is 13.5.